The quantitative estimate of drug-likeness (QED) is 0.142. The fourth-order valence-corrected chi connectivity index (χ4v) is 15.7. The minimum Gasteiger partial charge on any atom is -0.310 e. The first-order valence-corrected chi connectivity index (χ1v) is 30.6. The van der Waals surface area contributed by atoms with Crippen molar-refractivity contribution in [3.05, 3.63) is 348 Å². The molecular formula is C85H62N2. The van der Waals surface area contributed by atoms with Crippen LogP contribution in [0.3, 0.4) is 0 Å². The number of fused-ring (bicyclic) bond motifs is 16. The number of hydrogen-bond acceptors (Lipinski definition) is 2. The highest BCUT2D eigenvalue weighted by Gasteiger charge is 2.51. The van der Waals surface area contributed by atoms with Crippen molar-refractivity contribution < 1.29 is 0 Å². The molecule has 13 aromatic rings. The maximum atomic E-state index is 2.54. The van der Waals surface area contributed by atoms with Gasteiger partial charge in [-0.05, 0) is 195 Å². The van der Waals surface area contributed by atoms with E-state index in [0.717, 1.165) is 45.3 Å². The van der Waals surface area contributed by atoms with Crippen LogP contribution in [0, 0.1) is 0 Å². The molecule has 0 radical (unpaired) electrons. The van der Waals surface area contributed by atoms with Crippen molar-refractivity contribution in [3.8, 4) is 77.9 Å². The van der Waals surface area contributed by atoms with Crippen molar-refractivity contribution in [1.82, 2.24) is 0 Å². The Balaban J connectivity index is 0.932. The summed E-state index contributed by atoms with van der Waals surface area (Å²) >= 11 is 0. The first-order valence-electron chi connectivity index (χ1n) is 30.6. The number of benzene rings is 13. The van der Waals surface area contributed by atoms with E-state index in [1.54, 1.807) is 0 Å². The zero-order valence-corrected chi connectivity index (χ0v) is 49.3. The highest BCUT2D eigenvalue weighted by atomic mass is 15.2. The van der Waals surface area contributed by atoms with Crippen LogP contribution in [-0.4, -0.2) is 0 Å². The molecule has 4 aliphatic rings. The summed E-state index contributed by atoms with van der Waals surface area (Å²) in [4.78, 5) is 5.02. The lowest BCUT2D eigenvalue weighted by molar-refractivity contribution is 0.660. The number of nitrogens with zero attached hydrogens (tertiary/aromatic N) is 2. The maximum Gasteiger partial charge on any atom is 0.0725 e. The summed E-state index contributed by atoms with van der Waals surface area (Å²) in [7, 11) is 0. The van der Waals surface area contributed by atoms with E-state index in [-0.39, 0.29) is 10.8 Å². The number of anilines is 6. The smallest absolute Gasteiger partial charge is 0.0725 e. The van der Waals surface area contributed by atoms with Crippen molar-refractivity contribution in [1.29, 1.82) is 0 Å². The van der Waals surface area contributed by atoms with Crippen LogP contribution in [0.25, 0.3) is 77.9 Å². The summed E-state index contributed by atoms with van der Waals surface area (Å²) in [5.41, 5.74) is 33.6. The molecule has 87 heavy (non-hydrogen) atoms. The summed E-state index contributed by atoms with van der Waals surface area (Å²) < 4.78 is 0. The van der Waals surface area contributed by atoms with E-state index in [1.807, 2.05) is 0 Å². The molecule has 2 nitrogen and oxygen atoms in total. The van der Waals surface area contributed by atoms with Crippen LogP contribution < -0.4 is 9.80 Å². The Labute approximate surface area is 510 Å². The van der Waals surface area contributed by atoms with Crippen LogP contribution in [0.2, 0.25) is 0 Å². The van der Waals surface area contributed by atoms with Crippen molar-refractivity contribution in [2.45, 2.75) is 43.9 Å². The third-order valence-electron chi connectivity index (χ3n) is 19.9. The van der Waals surface area contributed by atoms with Crippen LogP contribution >= 0.6 is 0 Å². The predicted octanol–water partition coefficient (Wildman–Crippen LogP) is 22.6. The molecule has 0 N–H and O–H groups in total. The Morgan fingerprint density at radius 3 is 0.897 bits per heavy atom. The molecule has 4 aliphatic carbocycles. The molecule has 0 atom stereocenters. The lowest BCUT2D eigenvalue weighted by atomic mass is 9.70. The van der Waals surface area contributed by atoms with Gasteiger partial charge < -0.3 is 9.80 Å². The Kier molecular flexibility index (Phi) is 11.3. The molecule has 2 heteroatoms. The highest BCUT2D eigenvalue weighted by Crippen LogP contribution is 2.63. The van der Waals surface area contributed by atoms with Gasteiger partial charge in [0.15, 0.2) is 0 Å². The summed E-state index contributed by atoms with van der Waals surface area (Å²) in [5, 5.41) is 0. The van der Waals surface area contributed by atoms with Crippen LogP contribution in [0.5, 0.6) is 0 Å². The van der Waals surface area contributed by atoms with Crippen LogP contribution in [0.4, 0.5) is 34.1 Å². The van der Waals surface area contributed by atoms with E-state index in [0.29, 0.717) is 0 Å². The van der Waals surface area contributed by atoms with Gasteiger partial charge in [-0.25, -0.2) is 0 Å². The second-order valence-electron chi connectivity index (χ2n) is 25.2. The van der Waals surface area contributed by atoms with Crippen LogP contribution in [0.15, 0.2) is 303 Å². The van der Waals surface area contributed by atoms with Gasteiger partial charge in [-0.1, -0.05) is 258 Å². The first-order chi connectivity index (χ1) is 42.6. The topological polar surface area (TPSA) is 6.48 Å². The molecule has 0 heterocycles. The molecule has 0 fully saturated rings. The fourth-order valence-electron chi connectivity index (χ4n) is 15.7. The van der Waals surface area contributed by atoms with Gasteiger partial charge in [0.25, 0.3) is 0 Å². The summed E-state index contributed by atoms with van der Waals surface area (Å²) in [6, 6.07) is 114. The molecule has 17 rings (SSSR count). The number of hydrogen-bond donors (Lipinski definition) is 0. The Hall–Kier alpha value is -10.5. The van der Waals surface area contributed by atoms with Crippen molar-refractivity contribution in [3.63, 3.8) is 0 Å². The van der Waals surface area contributed by atoms with Gasteiger partial charge in [0.2, 0.25) is 0 Å². The molecule has 1 spiro atoms. The predicted molar refractivity (Wildman–Crippen MR) is 364 cm³/mol. The van der Waals surface area contributed by atoms with Gasteiger partial charge in [-0.15, -0.1) is 0 Å². The lowest BCUT2D eigenvalue weighted by Gasteiger charge is -2.32. The second kappa shape index (κ2) is 19.2. The molecule has 0 saturated heterocycles. The zero-order valence-electron chi connectivity index (χ0n) is 49.3. The third-order valence-corrected chi connectivity index (χ3v) is 19.9. The van der Waals surface area contributed by atoms with Crippen molar-refractivity contribution in [2.24, 2.45) is 0 Å². The lowest BCUT2D eigenvalue weighted by Crippen LogP contribution is -2.25. The normalized spacial score (nSPS) is 14.3. The van der Waals surface area contributed by atoms with Gasteiger partial charge in [0.1, 0.15) is 0 Å². The van der Waals surface area contributed by atoms with E-state index in [4.69, 9.17) is 0 Å². The van der Waals surface area contributed by atoms with E-state index >= 15 is 0 Å². The Bertz CT molecular complexity index is 4640. The Morgan fingerprint density at radius 2 is 0.483 bits per heavy atom. The largest absolute Gasteiger partial charge is 0.310 e. The summed E-state index contributed by atoms with van der Waals surface area (Å²) in [6.07, 6.45) is 0. The molecule has 13 aromatic carbocycles. The minimum atomic E-state index is -0.502. The van der Waals surface area contributed by atoms with Crippen molar-refractivity contribution in [2.75, 3.05) is 9.80 Å². The van der Waals surface area contributed by atoms with Gasteiger partial charge >= 0.3 is 0 Å². The van der Waals surface area contributed by atoms with Gasteiger partial charge in [-0.2, -0.15) is 0 Å². The van der Waals surface area contributed by atoms with Crippen molar-refractivity contribution >= 4 is 34.1 Å². The first kappa shape index (κ1) is 50.9. The van der Waals surface area contributed by atoms with E-state index in [1.165, 1.54) is 111 Å². The van der Waals surface area contributed by atoms with E-state index < -0.39 is 5.41 Å². The highest BCUT2D eigenvalue weighted by molar-refractivity contribution is 5.98. The van der Waals surface area contributed by atoms with Crippen LogP contribution in [0.1, 0.15) is 72.2 Å². The standard InChI is InChI=1S/C85H62N2/c1-83(2)75-30-16-11-25-67(75)72-47-44-63(53-80(72)83)86(61-40-35-57(36-41-61)55-21-7-5-8-22-55)65-49-60(59-39-46-74-71-29-15-20-34-79(71)85(82(74)51-59)77-32-18-13-27-69(77)70-28-14-19-33-78(70)85)50-66(52-65)87(62-42-37-58(38-43-62)56-23-9-6-10-24-56)64-45-48-73-68-26-12-17-31-76(68)84(3,4)81(73)54-64/h5-54H,1-4H3. The molecule has 0 saturated carbocycles. The average Bonchev–Trinajstić information content (AvgIpc) is 1.53. The molecule has 412 valence electrons. The summed E-state index contributed by atoms with van der Waals surface area (Å²) in [5.74, 6) is 0. The zero-order chi connectivity index (χ0) is 58.2. The summed E-state index contributed by atoms with van der Waals surface area (Å²) in [6.45, 7) is 9.54. The second-order valence-corrected chi connectivity index (χ2v) is 25.2. The SMILES string of the molecule is CC1(C)c2ccccc2-c2ccc(N(c3ccc(-c4ccccc4)cc3)c3cc(-c4ccc5c(c4)C4(c6ccccc6-c6ccccc64)c4ccccc4-5)cc(N(c4ccc(-c5ccccc5)cc4)c4ccc5c(c4)C(C)(C)c4ccccc4-5)c3)cc21. The van der Waals surface area contributed by atoms with Gasteiger partial charge in [0, 0.05) is 45.0 Å². The molecule has 0 amide bonds. The molecular weight excluding hydrogens is 1050 g/mol. The molecule has 0 bridgehead atoms. The van der Waals surface area contributed by atoms with Gasteiger partial charge in [-0.3, -0.25) is 0 Å². The Morgan fingerprint density at radius 1 is 0.184 bits per heavy atom. The van der Waals surface area contributed by atoms with E-state index in [9.17, 15) is 0 Å². The maximum absolute atomic E-state index is 2.54. The fraction of sp³-hybridized carbons (Fsp3) is 0.0824. The molecule has 0 aromatic heterocycles. The molecule has 0 aliphatic heterocycles. The van der Waals surface area contributed by atoms with E-state index in [2.05, 4.69) is 341 Å². The third kappa shape index (κ3) is 7.60. The molecule has 0 unspecified atom stereocenters. The monoisotopic (exact) mass is 1110 g/mol. The number of rotatable bonds is 9. The minimum absolute atomic E-state index is 0.211. The van der Waals surface area contributed by atoms with Gasteiger partial charge in [0.05, 0.1) is 5.41 Å². The average molecular weight is 1110 g/mol. The van der Waals surface area contributed by atoms with Crippen LogP contribution in [-0.2, 0) is 16.2 Å².